The van der Waals surface area contributed by atoms with Crippen LogP contribution in [0, 0.1) is 17.1 Å². The van der Waals surface area contributed by atoms with E-state index in [2.05, 4.69) is 25.7 Å². The summed E-state index contributed by atoms with van der Waals surface area (Å²) in [5.74, 6) is -1.29. The molecule has 39 heavy (non-hydrogen) atoms. The number of nitrogens with two attached hydrogens (primary N) is 1. The van der Waals surface area contributed by atoms with Gasteiger partial charge in [0.1, 0.15) is 12.4 Å². The van der Waals surface area contributed by atoms with Crippen molar-refractivity contribution in [1.29, 1.82) is 5.26 Å². The molecule has 11 nitrogen and oxygen atoms in total. The second-order valence-corrected chi connectivity index (χ2v) is 7.83. The highest BCUT2D eigenvalue weighted by molar-refractivity contribution is 5.95. The van der Waals surface area contributed by atoms with E-state index in [1.165, 1.54) is 35.1 Å². The zero-order valence-corrected chi connectivity index (χ0v) is 20.9. The summed E-state index contributed by atoms with van der Waals surface area (Å²) in [4.78, 5) is 20.6. The molecule has 16 heteroatoms. The van der Waals surface area contributed by atoms with Gasteiger partial charge in [-0.1, -0.05) is 0 Å². The van der Waals surface area contributed by atoms with Crippen molar-refractivity contribution in [3.63, 3.8) is 0 Å². The van der Waals surface area contributed by atoms with E-state index in [0.29, 0.717) is 13.2 Å². The predicted molar refractivity (Wildman–Crippen MR) is 134 cm³/mol. The van der Waals surface area contributed by atoms with Gasteiger partial charge in [-0.2, -0.15) is 23.5 Å². The Morgan fingerprint density at radius 2 is 2.03 bits per heavy atom. The number of ether oxygens (including phenoxy) is 1. The van der Waals surface area contributed by atoms with Gasteiger partial charge >= 0.3 is 6.18 Å². The molecule has 1 aromatic carbocycles. The van der Waals surface area contributed by atoms with Gasteiger partial charge in [0, 0.05) is 37.4 Å². The Labute approximate surface area is 225 Å². The quantitative estimate of drug-likeness (QED) is 0.195. The Bertz CT molecular complexity index is 1500. The highest BCUT2D eigenvalue weighted by atomic mass is 35.5. The number of halogens is 5. The van der Waals surface area contributed by atoms with Crippen LogP contribution >= 0.6 is 12.4 Å². The van der Waals surface area contributed by atoms with Gasteiger partial charge in [-0.05, 0) is 18.2 Å². The van der Waals surface area contributed by atoms with E-state index in [1.807, 2.05) is 0 Å². The molecule has 0 spiro atoms. The Hall–Kier alpha value is -4.26. The van der Waals surface area contributed by atoms with Crippen molar-refractivity contribution in [3.05, 3.63) is 60.1 Å². The van der Waals surface area contributed by atoms with Crippen LogP contribution < -0.4 is 16.4 Å². The third kappa shape index (κ3) is 6.60. The van der Waals surface area contributed by atoms with Crippen molar-refractivity contribution in [2.75, 3.05) is 31.6 Å². The van der Waals surface area contributed by atoms with Crippen LogP contribution in [-0.2, 0) is 17.5 Å². The molecular weight excluding hydrogens is 546 g/mol. The fourth-order valence-electron chi connectivity index (χ4n) is 3.61. The number of rotatable bonds is 10. The average molecular weight is 568 g/mol. The van der Waals surface area contributed by atoms with Crippen LogP contribution in [0.1, 0.15) is 16.1 Å². The fraction of sp³-hybridized carbons (Fsp3) is 0.261. The van der Waals surface area contributed by atoms with Crippen LogP contribution in [0.5, 0.6) is 0 Å². The first-order chi connectivity index (χ1) is 18.2. The first kappa shape index (κ1) is 29.3. The summed E-state index contributed by atoms with van der Waals surface area (Å²) in [6, 6.07) is 5.57. The molecule has 0 radical (unpaired) electrons. The zero-order valence-electron chi connectivity index (χ0n) is 20.1. The number of alkyl halides is 3. The summed E-state index contributed by atoms with van der Waals surface area (Å²) in [7, 11) is 0. The first-order valence-electron chi connectivity index (χ1n) is 11.2. The minimum atomic E-state index is -4.77. The number of carbonyl (C=O) groups is 1. The van der Waals surface area contributed by atoms with Crippen molar-refractivity contribution >= 4 is 35.5 Å². The lowest BCUT2D eigenvalue weighted by atomic mass is 10.1. The number of anilines is 2. The minimum Gasteiger partial charge on any atom is -0.378 e. The van der Waals surface area contributed by atoms with Crippen molar-refractivity contribution in [2.45, 2.75) is 12.7 Å². The molecule has 0 atom stereocenters. The van der Waals surface area contributed by atoms with Gasteiger partial charge in [0.2, 0.25) is 0 Å². The molecule has 4 rings (SSSR count). The molecule has 0 aliphatic heterocycles. The third-order valence-electron chi connectivity index (χ3n) is 5.24. The second kappa shape index (κ2) is 12.5. The summed E-state index contributed by atoms with van der Waals surface area (Å²) in [6.07, 6.45) is 0.314. The number of imidazole rings is 1. The van der Waals surface area contributed by atoms with Gasteiger partial charge in [-0.15, -0.1) is 12.4 Å². The highest BCUT2D eigenvalue weighted by Gasteiger charge is 2.38. The molecule has 0 saturated carbocycles. The van der Waals surface area contributed by atoms with E-state index in [0.717, 1.165) is 16.9 Å². The molecule has 0 saturated heterocycles. The number of hydrogen-bond acceptors (Lipinski definition) is 8. The molecule has 0 bridgehead atoms. The summed E-state index contributed by atoms with van der Waals surface area (Å²) in [5, 5.41) is 17.8. The maximum absolute atomic E-state index is 14.7. The highest BCUT2D eigenvalue weighted by Crippen LogP contribution is 2.36. The molecule has 0 fully saturated rings. The number of aromatic nitrogens is 5. The molecule has 0 aliphatic carbocycles. The molecule has 4 N–H and O–H groups in total. The van der Waals surface area contributed by atoms with E-state index in [9.17, 15) is 22.4 Å². The molecule has 1 amide bonds. The SMILES string of the molecule is Cl.N#CCn1cc(-c2cnc3c(Nc4ccc(C(=O)NCCOCCN)c(F)c4)nccn23)c(C(F)(F)F)n1. The molecule has 3 aromatic heterocycles. The number of amides is 1. The zero-order chi connectivity index (χ0) is 27.3. The van der Waals surface area contributed by atoms with Gasteiger partial charge in [-0.3, -0.25) is 13.9 Å². The van der Waals surface area contributed by atoms with Crippen LogP contribution in [0.2, 0.25) is 0 Å². The van der Waals surface area contributed by atoms with E-state index in [-0.39, 0.29) is 66.1 Å². The topological polar surface area (TPSA) is 148 Å². The predicted octanol–water partition coefficient (Wildman–Crippen LogP) is 3.14. The Balaban J connectivity index is 0.00000420. The van der Waals surface area contributed by atoms with Crippen LogP contribution in [0.25, 0.3) is 16.9 Å². The van der Waals surface area contributed by atoms with Crippen LogP contribution in [-0.4, -0.2) is 56.4 Å². The van der Waals surface area contributed by atoms with Gasteiger partial charge in [-0.25, -0.2) is 14.4 Å². The molecule has 3 heterocycles. The maximum Gasteiger partial charge on any atom is 0.435 e. The lowest BCUT2D eigenvalue weighted by molar-refractivity contribution is -0.141. The molecular formula is C23H22ClF4N9O2. The van der Waals surface area contributed by atoms with Crippen molar-refractivity contribution in [1.82, 2.24) is 29.5 Å². The lowest BCUT2D eigenvalue weighted by Crippen LogP contribution is -2.28. The number of fused-ring (bicyclic) bond motifs is 1. The summed E-state index contributed by atoms with van der Waals surface area (Å²) < 4.78 is 62.9. The fourth-order valence-corrected chi connectivity index (χ4v) is 3.61. The normalized spacial score (nSPS) is 11.2. The first-order valence-corrected chi connectivity index (χ1v) is 11.2. The number of carbonyl (C=O) groups excluding carboxylic acids is 1. The Morgan fingerprint density at radius 3 is 2.72 bits per heavy atom. The summed E-state index contributed by atoms with van der Waals surface area (Å²) in [5.41, 5.74) is 4.14. The number of nitrogens with one attached hydrogen (secondary N) is 2. The number of nitriles is 1. The smallest absolute Gasteiger partial charge is 0.378 e. The van der Waals surface area contributed by atoms with Gasteiger partial charge < -0.3 is 21.1 Å². The van der Waals surface area contributed by atoms with E-state index < -0.39 is 23.6 Å². The molecule has 0 unspecified atom stereocenters. The molecule has 206 valence electrons. The van der Waals surface area contributed by atoms with Crippen LogP contribution in [0.4, 0.5) is 29.1 Å². The van der Waals surface area contributed by atoms with Crippen molar-refractivity contribution < 1.29 is 27.1 Å². The Kier molecular flexibility index (Phi) is 9.41. The van der Waals surface area contributed by atoms with Crippen molar-refractivity contribution in [3.8, 4) is 17.3 Å². The van der Waals surface area contributed by atoms with Crippen LogP contribution in [0.3, 0.4) is 0 Å². The minimum absolute atomic E-state index is 0. The second-order valence-electron chi connectivity index (χ2n) is 7.83. The van der Waals surface area contributed by atoms with E-state index >= 15 is 0 Å². The lowest BCUT2D eigenvalue weighted by Gasteiger charge is -2.10. The van der Waals surface area contributed by atoms with Gasteiger partial charge in [0.15, 0.2) is 17.2 Å². The largest absolute Gasteiger partial charge is 0.435 e. The van der Waals surface area contributed by atoms with Crippen molar-refractivity contribution in [2.24, 2.45) is 5.73 Å². The Morgan fingerprint density at radius 1 is 1.23 bits per heavy atom. The summed E-state index contributed by atoms with van der Waals surface area (Å²) in [6.45, 7) is 0.739. The number of nitrogens with zero attached hydrogens (tertiary/aromatic N) is 6. The van der Waals surface area contributed by atoms with E-state index in [1.54, 1.807) is 6.07 Å². The third-order valence-corrected chi connectivity index (χ3v) is 5.24. The maximum atomic E-state index is 14.7. The molecule has 4 aromatic rings. The molecule has 0 aliphatic rings. The van der Waals surface area contributed by atoms with Gasteiger partial charge in [0.25, 0.3) is 5.91 Å². The van der Waals surface area contributed by atoms with E-state index in [4.69, 9.17) is 15.7 Å². The summed E-state index contributed by atoms with van der Waals surface area (Å²) >= 11 is 0. The number of benzene rings is 1. The monoisotopic (exact) mass is 567 g/mol. The van der Waals surface area contributed by atoms with Gasteiger partial charge in [0.05, 0.1) is 42.3 Å². The van der Waals surface area contributed by atoms with Crippen LogP contribution in [0.15, 0.2) is 43.0 Å². The number of hydrogen-bond donors (Lipinski definition) is 3. The standard InChI is InChI=1S/C23H21F4N9O2.ClH/c24-17-11-14(1-2-15(17)22(37)31-6-10-38-9-4-29)33-20-21-32-12-18(36(21)8-5-30-20)16-13-35(7-3-28)34-19(16)23(25,26)27;/h1-2,5,8,11-13H,4,6-7,9-10,29H2,(H,30,33)(H,31,37);1H. The average Bonchev–Trinajstić information content (AvgIpc) is 3.49.